The molecule has 0 saturated heterocycles. The van der Waals surface area contributed by atoms with Crippen LogP contribution in [0.15, 0.2) is 18.2 Å². The first-order chi connectivity index (χ1) is 7.06. The van der Waals surface area contributed by atoms with Crippen molar-refractivity contribution < 1.29 is 0 Å². The van der Waals surface area contributed by atoms with Crippen LogP contribution >= 0.6 is 23.2 Å². The van der Waals surface area contributed by atoms with Crippen molar-refractivity contribution in [3.8, 4) is 0 Å². The molecule has 0 N–H and O–H groups in total. The van der Waals surface area contributed by atoms with Crippen LogP contribution in [0.1, 0.15) is 45.1 Å². The Labute approximate surface area is 103 Å². The van der Waals surface area contributed by atoms with Crippen molar-refractivity contribution in [1.29, 1.82) is 0 Å². The van der Waals surface area contributed by atoms with Gasteiger partial charge in [-0.05, 0) is 36.0 Å². The molecule has 1 aromatic rings. The minimum Gasteiger partial charge on any atom is -0.0843 e. The van der Waals surface area contributed by atoms with Gasteiger partial charge in [0.05, 0.1) is 0 Å². The summed E-state index contributed by atoms with van der Waals surface area (Å²) >= 11 is 12.1. The third-order valence-electron chi connectivity index (χ3n) is 2.77. The minimum atomic E-state index is 0.541. The molecule has 15 heavy (non-hydrogen) atoms. The van der Waals surface area contributed by atoms with Gasteiger partial charge in [0.2, 0.25) is 0 Å². The van der Waals surface area contributed by atoms with Gasteiger partial charge in [0.15, 0.2) is 0 Å². The second-order valence-corrected chi connectivity index (χ2v) is 5.15. The first-order valence-corrected chi connectivity index (χ1v) is 6.26. The maximum absolute atomic E-state index is 6.22. The molecule has 0 fully saturated rings. The zero-order valence-corrected chi connectivity index (χ0v) is 11.1. The third kappa shape index (κ3) is 3.39. The largest absolute Gasteiger partial charge is 0.0843 e. The van der Waals surface area contributed by atoms with Gasteiger partial charge in [0.1, 0.15) is 0 Å². The molecule has 0 aliphatic rings. The molecule has 0 aliphatic heterocycles. The van der Waals surface area contributed by atoms with Crippen LogP contribution in [0.2, 0.25) is 10.0 Å². The Hall–Kier alpha value is -0.200. The Balaban J connectivity index is 3.00. The summed E-state index contributed by atoms with van der Waals surface area (Å²) in [6, 6.07) is 5.82. The molecule has 1 aromatic carbocycles. The van der Waals surface area contributed by atoms with Gasteiger partial charge in [-0.3, -0.25) is 0 Å². The van der Waals surface area contributed by atoms with Crippen molar-refractivity contribution in [2.45, 2.75) is 39.5 Å². The number of benzene rings is 1. The van der Waals surface area contributed by atoms with E-state index in [0.717, 1.165) is 5.02 Å². The monoisotopic (exact) mass is 244 g/mol. The summed E-state index contributed by atoms with van der Waals surface area (Å²) in [6.45, 7) is 6.69. The Morgan fingerprint density at radius 3 is 2.33 bits per heavy atom. The van der Waals surface area contributed by atoms with Crippen molar-refractivity contribution in [2.24, 2.45) is 5.92 Å². The van der Waals surface area contributed by atoms with E-state index < -0.39 is 0 Å². The summed E-state index contributed by atoms with van der Waals surface area (Å²) in [6.07, 6.45) is 2.36. The van der Waals surface area contributed by atoms with Gasteiger partial charge in [0.25, 0.3) is 0 Å². The van der Waals surface area contributed by atoms with Gasteiger partial charge in [0, 0.05) is 10.0 Å². The maximum atomic E-state index is 6.22. The zero-order chi connectivity index (χ0) is 11.4. The SMILES string of the molecule is CCCC(c1ccc(Cl)cc1Cl)C(C)C. The molecule has 1 unspecified atom stereocenters. The van der Waals surface area contributed by atoms with Crippen LogP contribution in [0.5, 0.6) is 0 Å². The highest BCUT2D eigenvalue weighted by Gasteiger charge is 2.17. The molecule has 0 nitrogen and oxygen atoms in total. The van der Waals surface area contributed by atoms with Crippen LogP contribution < -0.4 is 0 Å². The number of hydrogen-bond acceptors (Lipinski definition) is 0. The van der Waals surface area contributed by atoms with E-state index in [2.05, 4.69) is 26.8 Å². The van der Waals surface area contributed by atoms with Gasteiger partial charge in [-0.15, -0.1) is 0 Å². The molecule has 0 saturated carbocycles. The predicted molar refractivity (Wildman–Crippen MR) is 68.9 cm³/mol. The van der Waals surface area contributed by atoms with Gasteiger partial charge < -0.3 is 0 Å². The van der Waals surface area contributed by atoms with E-state index in [9.17, 15) is 0 Å². The van der Waals surface area contributed by atoms with Crippen LogP contribution in [-0.4, -0.2) is 0 Å². The van der Waals surface area contributed by atoms with E-state index in [-0.39, 0.29) is 0 Å². The first kappa shape index (κ1) is 12.9. The molecule has 84 valence electrons. The second-order valence-electron chi connectivity index (χ2n) is 4.31. The lowest BCUT2D eigenvalue weighted by molar-refractivity contribution is 0.463. The number of hydrogen-bond donors (Lipinski definition) is 0. The molecule has 1 rings (SSSR count). The minimum absolute atomic E-state index is 0.541. The van der Waals surface area contributed by atoms with E-state index >= 15 is 0 Å². The quantitative estimate of drug-likeness (QED) is 0.653. The van der Waals surface area contributed by atoms with Crippen molar-refractivity contribution in [3.63, 3.8) is 0 Å². The van der Waals surface area contributed by atoms with Crippen LogP contribution in [0, 0.1) is 5.92 Å². The molecule has 0 aliphatic carbocycles. The lowest BCUT2D eigenvalue weighted by Gasteiger charge is -2.22. The molecule has 0 aromatic heterocycles. The highest BCUT2D eigenvalue weighted by molar-refractivity contribution is 6.35. The van der Waals surface area contributed by atoms with E-state index in [1.165, 1.54) is 18.4 Å². The van der Waals surface area contributed by atoms with Crippen LogP contribution in [0.3, 0.4) is 0 Å². The first-order valence-electron chi connectivity index (χ1n) is 5.51. The van der Waals surface area contributed by atoms with Gasteiger partial charge in [-0.1, -0.05) is 56.5 Å². The smallest absolute Gasteiger partial charge is 0.0455 e. The molecule has 0 radical (unpaired) electrons. The maximum Gasteiger partial charge on any atom is 0.0455 e. The highest BCUT2D eigenvalue weighted by atomic mass is 35.5. The fourth-order valence-corrected chi connectivity index (χ4v) is 2.51. The summed E-state index contributed by atoms with van der Waals surface area (Å²) < 4.78 is 0. The number of halogens is 2. The average Bonchev–Trinajstić information content (AvgIpc) is 2.15. The molecular weight excluding hydrogens is 227 g/mol. The van der Waals surface area contributed by atoms with Crippen molar-refractivity contribution in [2.75, 3.05) is 0 Å². The molecule has 0 amide bonds. The zero-order valence-electron chi connectivity index (χ0n) is 9.56. The van der Waals surface area contributed by atoms with Gasteiger partial charge in [-0.25, -0.2) is 0 Å². The van der Waals surface area contributed by atoms with Crippen LogP contribution in [0.25, 0.3) is 0 Å². The lowest BCUT2D eigenvalue weighted by Crippen LogP contribution is -2.07. The molecule has 0 bridgehead atoms. The normalized spacial score (nSPS) is 13.2. The standard InChI is InChI=1S/C13H18Cl2/c1-4-5-11(9(2)3)12-7-6-10(14)8-13(12)15/h6-9,11H,4-5H2,1-3H3. The van der Waals surface area contributed by atoms with Crippen LogP contribution in [-0.2, 0) is 0 Å². The van der Waals surface area contributed by atoms with Crippen molar-refractivity contribution in [1.82, 2.24) is 0 Å². The van der Waals surface area contributed by atoms with E-state index in [1.807, 2.05) is 12.1 Å². The van der Waals surface area contributed by atoms with Gasteiger partial charge >= 0.3 is 0 Å². The second kappa shape index (κ2) is 5.77. The van der Waals surface area contributed by atoms with Gasteiger partial charge in [-0.2, -0.15) is 0 Å². The molecule has 2 heteroatoms. The summed E-state index contributed by atoms with van der Waals surface area (Å²) in [5.41, 5.74) is 1.23. The summed E-state index contributed by atoms with van der Waals surface area (Å²) in [4.78, 5) is 0. The fraction of sp³-hybridized carbons (Fsp3) is 0.538. The third-order valence-corrected chi connectivity index (χ3v) is 3.33. The molecule has 0 spiro atoms. The van der Waals surface area contributed by atoms with E-state index in [1.54, 1.807) is 0 Å². The van der Waals surface area contributed by atoms with E-state index in [0.29, 0.717) is 16.9 Å². The van der Waals surface area contributed by atoms with Crippen molar-refractivity contribution in [3.05, 3.63) is 33.8 Å². The molecule has 0 heterocycles. The van der Waals surface area contributed by atoms with Crippen LogP contribution in [0.4, 0.5) is 0 Å². The topological polar surface area (TPSA) is 0 Å². The van der Waals surface area contributed by atoms with Crippen molar-refractivity contribution >= 4 is 23.2 Å². The predicted octanol–water partition coefficient (Wildman–Crippen LogP) is 5.53. The Kier molecular flexibility index (Phi) is 4.95. The summed E-state index contributed by atoms with van der Waals surface area (Å²) in [7, 11) is 0. The average molecular weight is 245 g/mol. The fourth-order valence-electron chi connectivity index (χ4n) is 1.96. The summed E-state index contributed by atoms with van der Waals surface area (Å²) in [5.74, 6) is 1.16. The summed E-state index contributed by atoms with van der Waals surface area (Å²) in [5, 5.41) is 1.51. The Morgan fingerprint density at radius 2 is 1.87 bits per heavy atom. The lowest BCUT2D eigenvalue weighted by atomic mass is 9.85. The molecule has 1 atom stereocenters. The Morgan fingerprint density at radius 1 is 1.20 bits per heavy atom. The Bertz CT molecular complexity index is 318. The van der Waals surface area contributed by atoms with E-state index in [4.69, 9.17) is 23.2 Å². The molecular formula is C13H18Cl2. The highest BCUT2D eigenvalue weighted by Crippen LogP contribution is 2.35. The number of rotatable bonds is 4.